The summed E-state index contributed by atoms with van der Waals surface area (Å²) in [5.74, 6) is 0.245. The Hall–Kier alpha value is -2.10. The number of H-pyrrole nitrogens is 1. The van der Waals surface area contributed by atoms with Gasteiger partial charge in [-0.3, -0.25) is 9.59 Å². The first-order chi connectivity index (χ1) is 9.98. The maximum Gasteiger partial charge on any atom is 0.234 e. The average molecular weight is 282 g/mol. The second kappa shape index (κ2) is 3.97. The van der Waals surface area contributed by atoms with E-state index in [-0.39, 0.29) is 11.7 Å². The zero-order valence-corrected chi connectivity index (χ0v) is 12.3. The molecule has 1 amide bonds. The molecule has 1 aliphatic heterocycles. The van der Waals surface area contributed by atoms with Gasteiger partial charge >= 0.3 is 0 Å². The summed E-state index contributed by atoms with van der Waals surface area (Å²) < 4.78 is 0. The van der Waals surface area contributed by atoms with Gasteiger partial charge in [0, 0.05) is 23.0 Å². The van der Waals surface area contributed by atoms with Crippen molar-refractivity contribution in [2.45, 2.75) is 44.9 Å². The minimum absolute atomic E-state index is 0.0346. The van der Waals surface area contributed by atoms with Gasteiger partial charge in [-0.25, -0.2) is 0 Å². The fourth-order valence-corrected chi connectivity index (χ4v) is 3.53. The van der Waals surface area contributed by atoms with E-state index < -0.39 is 5.41 Å². The molecule has 0 atom stereocenters. The molecule has 2 N–H and O–H groups in total. The summed E-state index contributed by atoms with van der Waals surface area (Å²) in [5, 5.41) is 4.05. The van der Waals surface area contributed by atoms with Crippen LogP contribution < -0.4 is 5.32 Å². The van der Waals surface area contributed by atoms with E-state index in [1.54, 1.807) is 0 Å². The third-order valence-corrected chi connectivity index (χ3v) is 4.89. The van der Waals surface area contributed by atoms with Crippen molar-refractivity contribution in [1.82, 2.24) is 4.98 Å². The molecule has 21 heavy (non-hydrogen) atoms. The molecule has 0 radical (unpaired) electrons. The van der Waals surface area contributed by atoms with Crippen LogP contribution in [0.25, 0.3) is 10.9 Å². The highest BCUT2D eigenvalue weighted by Crippen LogP contribution is 2.41. The molecule has 0 fully saturated rings. The number of carbonyl (C=O) groups is 2. The number of Topliss-reactive ketones (excluding diaryl/α,β-unsaturated/α-hetero) is 1. The molecule has 0 bridgehead atoms. The van der Waals surface area contributed by atoms with Gasteiger partial charge in [-0.15, -0.1) is 0 Å². The molecule has 0 spiro atoms. The summed E-state index contributed by atoms with van der Waals surface area (Å²) in [6, 6.07) is 4.07. The highest BCUT2D eigenvalue weighted by atomic mass is 16.2. The first-order valence-corrected chi connectivity index (χ1v) is 7.52. The summed E-state index contributed by atoms with van der Waals surface area (Å²) >= 11 is 0. The fourth-order valence-electron chi connectivity index (χ4n) is 3.53. The topological polar surface area (TPSA) is 62.0 Å². The molecule has 1 aromatic carbocycles. The lowest BCUT2D eigenvalue weighted by molar-refractivity contribution is -0.119. The van der Waals surface area contributed by atoms with E-state index in [0.29, 0.717) is 6.42 Å². The van der Waals surface area contributed by atoms with Crippen molar-refractivity contribution in [3.63, 3.8) is 0 Å². The number of amides is 1. The Morgan fingerprint density at radius 2 is 1.86 bits per heavy atom. The average Bonchev–Trinajstić information content (AvgIpc) is 2.82. The number of aromatic amines is 1. The molecule has 1 aliphatic carbocycles. The first-order valence-electron chi connectivity index (χ1n) is 7.52. The van der Waals surface area contributed by atoms with E-state index in [1.165, 1.54) is 0 Å². The number of anilines is 1. The number of aromatic nitrogens is 1. The van der Waals surface area contributed by atoms with E-state index >= 15 is 0 Å². The number of aryl methyl sites for hydroxylation is 1. The van der Waals surface area contributed by atoms with Crippen molar-refractivity contribution in [3.05, 3.63) is 29.0 Å². The number of benzene rings is 1. The van der Waals surface area contributed by atoms with E-state index in [2.05, 4.69) is 10.3 Å². The standard InChI is InChI=1S/C17H18N2O2/c1-17(2)11-8-12-10(7-13(11)19-16(17)21)9-5-3-4-6-14(20)15(9)18-12/h7-8,18H,3-6H2,1-2H3,(H,19,21). The number of hydrogen-bond donors (Lipinski definition) is 2. The lowest BCUT2D eigenvalue weighted by Gasteiger charge is -2.14. The number of fused-ring (bicyclic) bond motifs is 4. The molecule has 4 rings (SSSR count). The van der Waals surface area contributed by atoms with Gasteiger partial charge in [0.15, 0.2) is 5.78 Å². The van der Waals surface area contributed by atoms with Crippen LogP contribution in [0.3, 0.4) is 0 Å². The van der Waals surface area contributed by atoms with Gasteiger partial charge in [-0.2, -0.15) is 0 Å². The van der Waals surface area contributed by atoms with E-state index in [0.717, 1.165) is 52.7 Å². The third kappa shape index (κ3) is 1.62. The summed E-state index contributed by atoms with van der Waals surface area (Å²) in [6.07, 6.45) is 3.55. The molecule has 4 nitrogen and oxygen atoms in total. The highest BCUT2D eigenvalue weighted by molar-refractivity contribution is 6.10. The molecule has 0 saturated carbocycles. The summed E-state index contributed by atoms with van der Waals surface area (Å²) in [7, 11) is 0. The molecule has 4 heteroatoms. The Labute approximate surface area is 122 Å². The molecule has 0 unspecified atom stereocenters. The van der Waals surface area contributed by atoms with Gasteiger partial charge in [0.05, 0.1) is 11.1 Å². The predicted molar refractivity (Wildman–Crippen MR) is 81.8 cm³/mol. The Kier molecular flexibility index (Phi) is 2.39. The molecular formula is C17H18N2O2. The summed E-state index contributed by atoms with van der Waals surface area (Å²) in [6.45, 7) is 3.86. The van der Waals surface area contributed by atoms with Crippen LogP contribution in [0.5, 0.6) is 0 Å². The van der Waals surface area contributed by atoms with Crippen LogP contribution in [-0.4, -0.2) is 16.7 Å². The van der Waals surface area contributed by atoms with Gasteiger partial charge in [0.2, 0.25) is 5.91 Å². The predicted octanol–water partition coefficient (Wildman–Crippen LogP) is 3.31. The lowest BCUT2D eigenvalue weighted by Crippen LogP contribution is -2.26. The second-order valence-corrected chi connectivity index (χ2v) is 6.63. The normalized spacial score (nSPS) is 20.1. The maximum absolute atomic E-state index is 12.2. The summed E-state index contributed by atoms with van der Waals surface area (Å²) in [4.78, 5) is 27.6. The quantitative estimate of drug-likeness (QED) is 0.728. The number of rotatable bonds is 0. The lowest BCUT2D eigenvalue weighted by atomic mass is 9.85. The fraction of sp³-hybridized carbons (Fsp3) is 0.412. The molecule has 1 aromatic heterocycles. The molecule has 2 heterocycles. The van der Waals surface area contributed by atoms with Crippen LogP contribution >= 0.6 is 0 Å². The van der Waals surface area contributed by atoms with Crippen molar-refractivity contribution in [2.75, 3.05) is 5.32 Å². The smallest absolute Gasteiger partial charge is 0.234 e. The zero-order chi connectivity index (χ0) is 14.8. The second-order valence-electron chi connectivity index (χ2n) is 6.63. The van der Waals surface area contributed by atoms with Gasteiger partial charge in [0.1, 0.15) is 0 Å². The monoisotopic (exact) mass is 282 g/mol. The van der Waals surface area contributed by atoms with Crippen molar-refractivity contribution in [1.29, 1.82) is 0 Å². The highest BCUT2D eigenvalue weighted by Gasteiger charge is 2.39. The molecule has 0 saturated heterocycles. The van der Waals surface area contributed by atoms with Crippen LogP contribution in [0.4, 0.5) is 5.69 Å². The van der Waals surface area contributed by atoms with E-state index in [4.69, 9.17) is 0 Å². The third-order valence-electron chi connectivity index (χ3n) is 4.89. The Morgan fingerprint density at radius 1 is 1.10 bits per heavy atom. The minimum Gasteiger partial charge on any atom is -0.352 e. The van der Waals surface area contributed by atoms with Crippen molar-refractivity contribution in [2.24, 2.45) is 0 Å². The van der Waals surface area contributed by atoms with Gasteiger partial charge < -0.3 is 10.3 Å². The van der Waals surface area contributed by atoms with Crippen molar-refractivity contribution < 1.29 is 9.59 Å². The van der Waals surface area contributed by atoms with Crippen molar-refractivity contribution in [3.8, 4) is 0 Å². The Morgan fingerprint density at radius 3 is 2.67 bits per heavy atom. The maximum atomic E-state index is 12.2. The van der Waals surface area contributed by atoms with Gasteiger partial charge in [-0.05, 0) is 56.4 Å². The zero-order valence-electron chi connectivity index (χ0n) is 12.3. The van der Waals surface area contributed by atoms with Crippen LogP contribution in [0.1, 0.15) is 54.7 Å². The number of nitrogens with one attached hydrogen (secondary N) is 2. The van der Waals surface area contributed by atoms with Crippen LogP contribution in [0, 0.1) is 0 Å². The molecule has 2 aliphatic rings. The van der Waals surface area contributed by atoms with Crippen LogP contribution in [0.15, 0.2) is 12.1 Å². The van der Waals surface area contributed by atoms with Gasteiger partial charge in [-0.1, -0.05) is 0 Å². The SMILES string of the molecule is CC1(C)C(=O)Nc2cc3c4c([nH]c3cc21)C(=O)CCCC4. The number of ketones is 1. The first kappa shape index (κ1) is 12.6. The van der Waals surface area contributed by atoms with E-state index in [1.807, 2.05) is 26.0 Å². The van der Waals surface area contributed by atoms with Crippen LogP contribution in [-0.2, 0) is 16.6 Å². The molecule has 2 aromatic rings. The van der Waals surface area contributed by atoms with E-state index in [9.17, 15) is 9.59 Å². The van der Waals surface area contributed by atoms with Crippen LogP contribution in [0.2, 0.25) is 0 Å². The summed E-state index contributed by atoms with van der Waals surface area (Å²) in [5.41, 5.74) is 4.23. The number of carbonyl (C=O) groups excluding carboxylic acids is 2. The van der Waals surface area contributed by atoms with Crippen molar-refractivity contribution >= 4 is 28.3 Å². The number of hydrogen-bond acceptors (Lipinski definition) is 2. The van der Waals surface area contributed by atoms with Gasteiger partial charge in [0.25, 0.3) is 0 Å². The largest absolute Gasteiger partial charge is 0.352 e. The Bertz CT molecular complexity index is 799. The molecule has 108 valence electrons. The minimum atomic E-state index is -0.518. The Balaban J connectivity index is 1.99. The molecular weight excluding hydrogens is 264 g/mol.